The van der Waals surface area contributed by atoms with Gasteiger partial charge >= 0.3 is 0 Å². The van der Waals surface area contributed by atoms with Gasteiger partial charge in [-0.2, -0.15) is 9.57 Å². The minimum Gasteiger partial charge on any atom is -0.339 e. The third-order valence-corrected chi connectivity index (χ3v) is 7.36. The molecule has 1 atom stereocenters. The van der Waals surface area contributed by atoms with Crippen molar-refractivity contribution in [1.82, 2.24) is 19.1 Å². The number of halogens is 1. The minimum atomic E-state index is -3.77. The standard InChI is InChI=1S/C20H22BrN5O3S/c1-24(30(28,29)18-3-2-8-23-14-18)15-20(27)26-11-9-25(10-12-26)19(13-22)16-4-6-17(21)7-5-16/h2-8,14,19H,9-12,15H2,1H3/t19-/m1/s1. The second-order valence-electron chi connectivity index (χ2n) is 6.95. The second-order valence-corrected chi connectivity index (χ2v) is 9.91. The first-order valence-electron chi connectivity index (χ1n) is 9.36. The summed E-state index contributed by atoms with van der Waals surface area (Å²) >= 11 is 3.39. The summed E-state index contributed by atoms with van der Waals surface area (Å²) in [4.78, 5) is 20.2. The first-order chi connectivity index (χ1) is 14.3. The highest BCUT2D eigenvalue weighted by molar-refractivity contribution is 9.10. The summed E-state index contributed by atoms with van der Waals surface area (Å²) < 4.78 is 27.1. The molecule has 1 aromatic heterocycles. The van der Waals surface area contributed by atoms with Gasteiger partial charge in [-0.05, 0) is 29.8 Å². The molecular weight excluding hydrogens is 470 g/mol. The third kappa shape index (κ3) is 5.05. The van der Waals surface area contributed by atoms with E-state index < -0.39 is 10.0 Å². The fraction of sp³-hybridized carbons (Fsp3) is 0.350. The lowest BCUT2D eigenvalue weighted by Gasteiger charge is -2.37. The number of nitrogens with zero attached hydrogens (tertiary/aromatic N) is 5. The fourth-order valence-electron chi connectivity index (χ4n) is 3.30. The average Bonchev–Trinajstić information content (AvgIpc) is 2.76. The molecule has 0 saturated carbocycles. The van der Waals surface area contributed by atoms with E-state index in [0.717, 1.165) is 14.3 Å². The molecule has 0 bridgehead atoms. The summed E-state index contributed by atoms with van der Waals surface area (Å²) in [5.74, 6) is -0.262. The Bertz CT molecular complexity index is 1020. The largest absolute Gasteiger partial charge is 0.339 e. The number of pyridine rings is 1. The van der Waals surface area contributed by atoms with Crippen LogP contribution in [0.3, 0.4) is 0 Å². The minimum absolute atomic E-state index is 0.0523. The van der Waals surface area contributed by atoms with Crippen LogP contribution in [0.5, 0.6) is 0 Å². The van der Waals surface area contributed by atoms with Crippen LogP contribution in [0.25, 0.3) is 0 Å². The number of carbonyl (C=O) groups is 1. The first-order valence-corrected chi connectivity index (χ1v) is 11.6. The van der Waals surface area contributed by atoms with E-state index >= 15 is 0 Å². The van der Waals surface area contributed by atoms with Crippen molar-refractivity contribution < 1.29 is 13.2 Å². The maximum absolute atomic E-state index is 12.7. The SMILES string of the molecule is CN(CC(=O)N1CCN([C@H](C#N)c2ccc(Br)cc2)CC1)S(=O)(=O)c1cccnc1. The maximum Gasteiger partial charge on any atom is 0.244 e. The summed E-state index contributed by atoms with van der Waals surface area (Å²) in [7, 11) is -2.39. The normalized spacial score (nSPS) is 16.3. The summed E-state index contributed by atoms with van der Waals surface area (Å²) in [5.41, 5.74) is 0.905. The average molecular weight is 492 g/mol. The Kier molecular flexibility index (Phi) is 7.20. The topological polar surface area (TPSA) is 97.6 Å². The van der Waals surface area contributed by atoms with E-state index in [4.69, 9.17) is 0 Å². The monoisotopic (exact) mass is 491 g/mol. The lowest BCUT2D eigenvalue weighted by atomic mass is 10.1. The van der Waals surface area contributed by atoms with Gasteiger partial charge in [-0.3, -0.25) is 14.7 Å². The van der Waals surface area contributed by atoms with Gasteiger partial charge in [0, 0.05) is 50.1 Å². The van der Waals surface area contributed by atoms with Crippen molar-refractivity contribution in [2.45, 2.75) is 10.9 Å². The Morgan fingerprint density at radius 1 is 1.23 bits per heavy atom. The molecule has 0 N–H and O–H groups in total. The molecule has 1 aliphatic rings. The summed E-state index contributed by atoms with van der Waals surface area (Å²) in [6, 6.07) is 12.6. The van der Waals surface area contributed by atoms with E-state index in [1.807, 2.05) is 29.2 Å². The molecule has 3 rings (SSSR count). The third-order valence-electron chi connectivity index (χ3n) is 5.04. The van der Waals surface area contributed by atoms with Crippen molar-refractivity contribution in [2.24, 2.45) is 0 Å². The molecule has 0 spiro atoms. The van der Waals surface area contributed by atoms with E-state index in [1.165, 1.54) is 25.5 Å². The van der Waals surface area contributed by atoms with Crippen LogP contribution in [0.4, 0.5) is 0 Å². The van der Waals surface area contributed by atoms with Gasteiger partial charge in [0.25, 0.3) is 0 Å². The molecule has 10 heteroatoms. The molecular formula is C20H22BrN5O3S. The number of sulfonamides is 1. The number of hydrogen-bond donors (Lipinski definition) is 0. The smallest absolute Gasteiger partial charge is 0.244 e. The fourth-order valence-corrected chi connectivity index (χ4v) is 4.65. The van der Waals surface area contributed by atoms with E-state index in [2.05, 4.69) is 27.0 Å². The molecule has 2 heterocycles. The Morgan fingerprint density at radius 3 is 2.47 bits per heavy atom. The molecule has 8 nitrogen and oxygen atoms in total. The lowest BCUT2D eigenvalue weighted by Crippen LogP contribution is -2.51. The highest BCUT2D eigenvalue weighted by atomic mass is 79.9. The molecule has 1 fully saturated rings. The summed E-state index contributed by atoms with van der Waals surface area (Å²) in [6.45, 7) is 1.71. The molecule has 0 aliphatic carbocycles. The lowest BCUT2D eigenvalue weighted by molar-refractivity contribution is -0.133. The number of likely N-dealkylation sites (N-methyl/N-ethyl adjacent to an activating group) is 1. The molecule has 1 aliphatic heterocycles. The van der Waals surface area contributed by atoms with Gasteiger partial charge in [0.1, 0.15) is 10.9 Å². The van der Waals surface area contributed by atoms with Gasteiger partial charge < -0.3 is 4.90 Å². The van der Waals surface area contributed by atoms with Crippen LogP contribution >= 0.6 is 15.9 Å². The van der Waals surface area contributed by atoms with Gasteiger partial charge in [0.2, 0.25) is 15.9 Å². The van der Waals surface area contributed by atoms with Crippen LogP contribution in [-0.4, -0.2) is 73.2 Å². The highest BCUT2D eigenvalue weighted by Crippen LogP contribution is 2.23. The molecule has 2 aromatic rings. The van der Waals surface area contributed by atoms with E-state index in [1.54, 1.807) is 11.0 Å². The molecule has 1 saturated heterocycles. The van der Waals surface area contributed by atoms with Gasteiger partial charge in [0.15, 0.2) is 0 Å². The van der Waals surface area contributed by atoms with E-state index in [9.17, 15) is 18.5 Å². The predicted molar refractivity (Wildman–Crippen MR) is 115 cm³/mol. The van der Waals surface area contributed by atoms with Crippen LogP contribution in [0, 0.1) is 11.3 Å². The molecule has 0 radical (unpaired) electrons. The quantitative estimate of drug-likeness (QED) is 0.611. The van der Waals surface area contributed by atoms with Crippen molar-refractivity contribution in [3.8, 4) is 6.07 Å². The number of nitriles is 1. The number of carbonyl (C=O) groups excluding carboxylic acids is 1. The van der Waals surface area contributed by atoms with Crippen LogP contribution in [0.2, 0.25) is 0 Å². The molecule has 0 unspecified atom stereocenters. The van der Waals surface area contributed by atoms with Crippen LogP contribution in [0.1, 0.15) is 11.6 Å². The van der Waals surface area contributed by atoms with Crippen molar-refractivity contribution in [1.29, 1.82) is 5.26 Å². The number of amides is 1. The molecule has 30 heavy (non-hydrogen) atoms. The number of rotatable bonds is 6. The number of benzene rings is 1. The van der Waals surface area contributed by atoms with Gasteiger partial charge in [0.05, 0.1) is 12.6 Å². The van der Waals surface area contributed by atoms with Gasteiger partial charge in [-0.1, -0.05) is 28.1 Å². The Hall–Kier alpha value is -2.32. The Morgan fingerprint density at radius 2 is 1.90 bits per heavy atom. The molecule has 1 amide bonds. The Balaban J connectivity index is 1.58. The van der Waals surface area contributed by atoms with E-state index in [0.29, 0.717) is 26.2 Å². The van der Waals surface area contributed by atoms with Crippen molar-refractivity contribution >= 4 is 31.9 Å². The van der Waals surface area contributed by atoms with Gasteiger partial charge in [-0.15, -0.1) is 0 Å². The zero-order valence-corrected chi connectivity index (χ0v) is 18.9. The Labute approximate surface area is 184 Å². The van der Waals surface area contributed by atoms with Crippen molar-refractivity contribution in [3.05, 3.63) is 58.8 Å². The first kappa shape index (κ1) is 22.4. The van der Waals surface area contributed by atoms with Crippen molar-refractivity contribution in [2.75, 3.05) is 39.8 Å². The second kappa shape index (κ2) is 9.66. The van der Waals surface area contributed by atoms with Crippen LogP contribution < -0.4 is 0 Å². The predicted octanol–water partition coefficient (Wildman–Crippen LogP) is 1.87. The summed E-state index contributed by atoms with van der Waals surface area (Å²) in [5, 5.41) is 9.63. The zero-order valence-electron chi connectivity index (χ0n) is 16.5. The van der Waals surface area contributed by atoms with E-state index in [-0.39, 0.29) is 23.4 Å². The van der Waals surface area contributed by atoms with Crippen molar-refractivity contribution in [3.63, 3.8) is 0 Å². The molecule has 158 valence electrons. The summed E-state index contributed by atoms with van der Waals surface area (Å²) in [6.07, 6.45) is 2.76. The number of hydrogen-bond acceptors (Lipinski definition) is 6. The van der Waals surface area contributed by atoms with Crippen LogP contribution in [-0.2, 0) is 14.8 Å². The van der Waals surface area contributed by atoms with Gasteiger partial charge in [-0.25, -0.2) is 8.42 Å². The number of piperazine rings is 1. The zero-order chi connectivity index (χ0) is 21.7. The van der Waals surface area contributed by atoms with Crippen LogP contribution in [0.15, 0.2) is 58.2 Å². The number of aromatic nitrogens is 1. The maximum atomic E-state index is 12.7. The molecule has 1 aromatic carbocycles. The highest BCUT2D eigenvalue weighted by Gasteiger charge is 2.29.